The van der Waals surface area contributed by atoms with Crippen molar-refractivity contribution in [2.24, 2.45) is 0 Å². The predicted octanol–water partition coefficient (Wildman–Crippen LogP) is 2.05. The molecule has 6 nitrogen and oxygen atoms in total. The summed E-state index contributed by atoms with van der Waals surface area (Å²) in [5, 5.41) is 13.5. The first-order chi connectivity index (χ1) is 10.2. The maximum absolute atomic E-state index is 11.1. The molecule has 2 fully saturated rings. The molecule has 0 aliphatic carbocycles. The van der Waals surface area contributed by atoms with Crippen molar-refractivity contribution in [2.75, 3.05) is 26.2 Å². The van der Waals surface area contributed by atoms with Gasteiger partial charge < -0.3 is 14.9 Å². The van der Waals surface area contributed by atoms with Crippen LogP contribution in [0, 0.1) is 0 Å². The van der Waals surface area contributed by atoms with Crippen LogP contribution in [0.3, 0.4) is 0 Å². The van der Waals surface area contributed by atoms with Crippen LogP contribution in [-0.4, -0.2) is 63.0 Å². The third-order valence-electron chi connectivity index (χ3n) is 4.88. The van der Waals surface area contributed by atoms with Gasteiger partial charge in [-0.05, 0) is 38.2 Å². The van der Waals surface area contributed by atoms with Gasteiger partial charge in [0.2, 0.25) is 0 Å². The maximum Gasteiger partial charge on any atom is 0.407 e. The third kappa shape index (κ3) is 3.37. The first kappa shape index (κ1) is 14.4. The van der Waals surface area contributed by atoms with Gasteiger partial charge in [0.1, 0.15) is 0 Å². The molecule has 1 atom stereocenters. The van der Waals surface area contributed by atoms with Crippen LogP contribution in [0.4, 0.5) is 4.79 Å². The molecule has 3 rings (SSSR count). The molecule has 1 amide bonds. The number of hydrogen-bond acceptors (Lipinski definition) is 3. The number of aromatic nitrogens is 2. The van der Waals surface area contributed by atoms with E-state index in [2.05, 4.69) is 20.9 Å². The summed E-state index contributed by atoms with van der Waals surface area (Å²) < 4.78 is 2.08. The van der Waals surface area contributed by atoms with Crippen molar-refractivity contribution in [3.05, 3.63) is 18.5 Å². The number of carboxylic acid groups (broad SMARTS) is 1. The van der Waals surface area contributed by atoms with E-state index in [0.717, 1.165) is 45.2 Å². The second-order valence-corrected chi connectivity index (χ2v) is 6.11. The Morgan fingerprint density at radius 2 is 1.81 bits per heavy atom. The summed E-state index contributed by atoms with van der Waals surface area (Å²) in [5.74, 6) is 0. The highest BCUT2D eigenvalue weighted by Crippen LogP contribution is 2.26. The van der Waals surface area contributed by atoms with E-state index >= 15 is 0 Å². The Morgan fingerprint density at radius 1 is 1.05 bits per heavy atom. The van der Waals surface area contributed by atoms with Crippen molar-refractivity contribution in [3.8, 4) is 0 Å². The predicted molar refractivity (Wildman–Crippen MR) is 79.3 cm³/mol. The minimum Gasteiger partial charge on any atom is -0.465 e. The van der Waals surface area contributed by atoms with Gasteiger partial charge in [0, 0.05) is 44.6 Å². The smallest absolute Gasteiger partial charge is 0.407 e. The van der Waals surface area contributed by atoms with Crippen molar-refractivity contribution in [1.82, 2.24) is 19.6 Å². The highest BCUT2D eigenvalue weighted by atomic mass is 16.4. The van der Waals surface area contributed by atoms with Gasteiger partial charge in [-0.2, -0.15) is 5.10 Å². The van der Waals surface area contributed by atoms with E-state index < -0.39 is 6.09 Å². The Morgan fingerprint density at radius 3 is 2.48 bits per heavy atom. The van der Waals surface area contributed by atoms with Crippen LogP contribution in [0.5, 0.6) is 0 Å². The largest absolute Gasteiger partial charge is 0.465 e. The van der Waals surface area contributed by atoms with Crippen LogP contribution in [0.1, 0.15) is 38.1 Å². The van der Waals surface area contributed by atoms with E-state index in [1.807, 2.05) is 12.3 Å². The Balaban J connectivity index is 1.51. The van der Waals surface area contributed by atoms with Crippen molar-refractivity contribution in [1.29, 1.82) is 0 Å². The molecule has 2 aliphatic heterocycles. The topological polar surface area (TPSA) is 61.6 Å². The van der Waals surface area contributed by atoms with Crippen LogP contribution in [-0.2, 0) is 0 Å². The monoisotopic (exact) mass is 292 g/mol. The fourth-order valence-electron chi connectivity index (χ4n) is 3.65. The molecule has 0 aromatic carbocycles. The van der Waals surface area contributed by atoms with E-state index in [0.29, 0.717) is 25.2 Å². The highest BCUT2D eigenvalue weighted by molar-refractivity contribution is 5.64. The lowest BCUT2D eigenvalue weighted by Crippen LogP contribution is -2.42. The maximum atomic E-state index is 11.1. The number of hydrogen-bond donors (Lipinski definition) is 1. The molecule has 0 spiro atoms. The zero-order valence-corrected chi connectivity index (χ0v) is 12.4. The summed E-state index contributed by atoms with van der Waals surface area (Å²) in [4.78, 5) is 15.2. The molecule has 1 N–H and O–H groups in total. The highest BCUT2D eigenvalue weighted by Gasteiger charge is 2.28. The van der Waals surface area contributed by atoms with Gasteiger partial charge in [0.25, 0.3) is 0 Å². The molecular formula is C15H24N4O2. The van der Waals surface area contributed by atoms with E-state index in [9.17, 15) is 4.79 Å². The molecule has 116 valence electrons. The summed E-state index contributed by atoms with van der Waals surface area (Å²) in [7, 11) is 0. The van der Waals surface area contributed by atoms with E-state index in [-0.39, 0.29) is 0 Å². The van der Waals surface area contributed by atoms with Gasteiger partial charge in [-0.25, -0.2) is 4.79 Å². The lowest BCUT2D eigenvalue weighted by molar-refractivity contribution is 0.117. The Bertz CT molecular complexity index is 454. The molecule has 0 saturated carbocycles. The third-order valence-corrected chi connectivity index (χ3v) is 4.88. The number of nitrogens with zero attached hydrogens (tertiary/aromatic N) is 4. The second kappa shape index (κ2) is 6.47. The Kier molecular flexibility index (Phi) is 4.43. The molecule has 1 aromatic rings. The van der Waals surface area contributed by atoms with Gasteiger partial charge in [0.05, 0.1) is 6.04 Å². The van der Waals surface area contributed by atoms with Gasteiger partial charge in [-0.1, -0.05) is 0 Å². The molecular weight excluding hydrogens is 268 g/mol. The zero-order valence-electron chi connectivity index (χ0n) is 12.4. The first-order valence-electron chi connectivity index (χ1n) is 7.95. The number of likely N-dealkylation sites (tertiary alicyclic amines) is 2. The minimum absolute atomic E-state index is 0.526. The number of piperidine rings is 1. The van der Waals surface area contributed by atoms with Crippen LogP contribution in [0.15, 0.2) is 18.5 Å². The SMILES string of the molecule is O=C(O)N1CCCC(N2CCC(n3cccn3)CC2)CC1. The fourth-order valence-corrected chi connectivity index (χ4v) is 3.65. The summed E-state index contributed by atoms with van der Waals surface area (Å²) in [6.07, 6.45) is 8.48. The average molecular weight is 292 g/mol. The van der Waals surface area contributed by atoms with E-state index in [1.54, 1.807) is 4.90 Å². The summed E-state index contributed by atoms with van der Waals surface area (Å²) in [5.41, 5.74) is 0. The van der Waals surface area contributed by atoms with Gasteiger partial charge in [-0.3, -0.25) is 4.68 Å². The van der Waals surface area contributed by atoms with Crippen LogP contribution in [0.25, 0.3) is 0 Å². The first-order valence-corrected chi connectivity index (χ1v) is 7.95. The quantitative estimate of drug-likeness (QED) is 0.906. The van der Waals surface area contributed by atoms with Crippen molar-refractivity contribution >= 4 is 6.09 Å². The molecule has 2 saturated heterocycles. The summed E-state index contributed by atoms with van der Waals surface area (Å²) >= 11 is 0. The normalized spacial score (nSPS) is 25.7. The summed E-state index contributed by atoms with van der Waals surface area (Å²) in [6.45, 7) is 3.57. The average Bonchev–Trinajstić information content (AvgIpc) is 2.91. The molecule has 0 radical (unpaired) electrons. The van der Waals surface area contributed by atoms with Crippen LogP contribution >= 0.6 is 0 Å². The molecule has 3 heterocycles. The lowest BCUT2D eigenvalue weighted by Gasteiger charge is -2.37. The standard InChI is InChI=1S/C15H24N4O2/c20-15(21)18-8-1-3-13(4-12-18)17-10-5-14(6-11-17)19-9-2-7-16-19/h2,7,9,13-14H,1,3-6,8,10-12H2,(H,20,21). The second-order valence-electron chi connectivity index (χ2n) is 6.11. The van der Waals surface area contributed by atoms with E-state index in [1.165, 1.54) is 0 Å². The Labute approximate surface area is 125 Å². The van der Waals surface area contributed by atoms with Crippen LogP contribution in [0.2, 0.25) is 0 Å². The van der Waals surface area contributed by atoms with E-state index in [4.69, 9.17) is 5.11 Å². The van der Waals surface area contributed by atoms with Crippen molar-refractivity contribution in [2.45, 2.75) is 44.2 Å². The molecule has 1 unspecified atom stereocenters. The minimum atomic E-state index is -0.770. The number of amides is 1. The van der Waals surface area contributed by atoms with Gasteiger partial charge in [-0.15, -0.1) is 0 Å². The fraction of sp³-hybridized carbons (Fsp3) is 0.733. The van der Waals surface area contributed by atoms with Crippen LogP contribution < -0.4 is 0 Å². The van der Waals surface area contributed by atoms with Gasteiger partial charge in [0.15, 0.2) is 0 Å². The molecule has 0 bridgehead atoms. The number of carbonyl (C=O) groups is 1. The Hall–Kier alpha value is -1.56. The lowest BCUT2D eigenvalue weighted by atomic mass is 10.00. The molecule has 2 aliphatic rings. The van der Waals surface area contributed by atoms with Gasteiger partial charge >= 0.3 is 6.09 Å². The summed E-state index contributed by atoms with van der Waals surface area (Å²) in [6, 6.07) is 3.06. The number of rotatable bonds is 2. The zero-order chi connectivity index (χ0) is 14.7. The molecule has 21 heavy (non-hydrogen) atoms. The van der Waals surface area contributed by atoms with Crippen molar-refractivity contribution < 1.29 is 9.90 Å². The molecule has 1 aromatic heterocycles. The molecule has 6 heteroatoms. The van der Waals surface area contributed by atoms with Crippen molar-refractivity contribution in [3.63, 3.8) is 0 Å².